The third kappa shape index (κ3) is 1.86. The molecule has 84 valence electrons. The Bertz CT molecular complexity index is 352. The third-order valence-electron chi connectivity index (χ3n) is 2.02. The van der Waals surface area contributed by atoms with Gasteiger partial charge in [0.15, 0.2) is 11.5 Å². The fourth-order valence-electron chi connectivity index (χ4n) is 1.36. The van der Waals surface area contributed by atoms with Gasteiger partial charge in [-0.2, -0.15) is 0 Å². The molecule has 0 amide bonds. The van der Waals surface area contributed by atoms with E-state index in [4.69, 9.17) is 24.7 Å². The third-order valence-corrected chi connectivity index (χ3v) is 2.02. The molecule has 0 saturated carbocycles. The van der Waals surface area contributed by atoms with Gasteiger partial charge in [0.25, 0.3) is 0 Å². The molecule has 0 bridgehead atoms. The number of hydrogen-bond acceptors (Lipinski definition) is 5. The topological polar surface area (TPSA) is 62.9 Å². The summed E-state index contributed by atoms with van der Waals surface area (Å²) in [4.78, 5) is 0. The van der Waals surface area contributed by atoms with Crippen LogP contribution in [0.25, 0.3) is 0 Å². The van der Waals surface area contributed by atoms with Crippen molar-refractivity contribution in [3.05, 3.63) is 6.07 Å². The Hall–Kier alpha value is -1.78. The zero-order chi connectivity index (χ0) is 11.4. The van der Waals surface area contributed by atoms with Gasteiger partial charge in [0.05, 0.1) is 34.1 Å². The molecular weight excluding hydrogens is 198 g/mol. The lowest BCUT2D eigenvalue weighted by atomic mass is 10.2. The zero-order valence-corrected chi connectivity index (χ0v) is 9.29. The van der Waals surface area contributed by atoms with Crippen molar-refractivity contribution in [1.29, 1.82) is 0 Å². The SMILES string of the molecule is COc1cc(N)c(OC)c(OC)c1OC. The van der Waals surface area contributed by atoms with Gasteiger partial charge in [0.1, 0.15) is 0 Å². The second-order valence-electron chi connectivity index (χ2n) is 2.77. The highest BCUT2D eigenvalue weighted by atomic mass is 16.5. The van der Waals surface area contributed by atoms with Gasteiger partial charge in [0.2, 0.25) is 11.5 Å². The lowest BCUT2D eigenvalue weighted by Crippen LogP contribution is -2.01. The normalized spacial score (nSPS) is 9.60. The number of benzene rings is 1. The minimum Gasteiger partial charge on any atom is -0.493 e. The van der Waals surface area contributed by atoms with Gasteiger partial charge in [-0.3, -0.25) is 0 Å². The summed E-state index contributed by atoms with van der Waals surface area (Å²) in [6, 6.07) is 1.63. The van der Waals surface area contributed by atoms with Gasteiger partial charge in [-0.1, -0.05) is 0 Å². The van der Waals surface area contributed by atoms with Crippen molar-refractivity contribution >= 4 is 5.69 Å². The van der Waals surface area contributed by atoms with Crippen LogP contribution in [0.3, 0.4) is 0 Å². The summed E-state index contributed by atoms with van der Waals surface area (Å²) in [6.45, 7) is 0. The van der Waals surface area contributed by atoms with Crippen LogP contribution in [-0.2, 0) is 0 Å². The monoisotopic (exact) mass is 213 g/mol. The maximum Gasteiger partial charge on any atom is 0.209 e. The fourth-order valence-corrected chi connectivity index (χ4v) is 1.36. The Kier molecular flexibility index (Phi) is 3.49. The van der Waals surface area contributed by atoms with E-state index in [0.29, 0.717) is 28.7 Å². The van der Waals surface area contributed by atoms with E-state index in [0.717, 1.165) is 0 Å². The highest BCUT2D eigenvalue weighted by Gasteiger charge is 2.19. The van der Waals surface area contributed by atoms with E-state index in [2.05, 4.69) is 0 Å². The van der Waals surface area contributed by atoms with Gasteiger partial charge in [-0.05, 0) is 0 Å². The molecule has 0 unspecified atom stereocenters. The van der Waals surface area contributed by atoms with E-state index in [1.165, 1.54) is 28.4 Å². The summed E-state index contributed by atoms with van der Waals surface area (Å²) in [5.41, 5.74) is 6.20. The second-order valence-corrected chi connectivity index (χ2v) is 2.77. The lowest BCUT2D eigenvalue weighted by Gasteiger charge is -2.16. The van der Waals surface area contributed by atoms with E-state index >= 15 is 0 Å². The Balaban J connectivity index is 3.44. The molecule has 5 nitrogen and oxygen atoms in total. The first kappa shape index (κ1) is 11.3. The first-order valence-corrected chi connectivity index (χ1v) is 4.32. The molecule has 0 aliphatic rings. The van der Waals surface area contributed by atoms with Gasteiger partial charge in [-0.15, -0.1) is 0 Å². The molecule has 2 N–H and O–H groups in total. The van der Waals surface area contributed by atoms with Crippen molar-refractivity contribution in [2.45, 2.75) is 0 Å². The molecule has 0 saturated heterocycles. The maximum atomic E-state index is 5.77. The van der Waals surface area contributed by atoms with Crippen molar-refractivity contribution in [3.8, 4) is 23.0 Å². The molecule has 0 atom stereocenters. The minimum atomic E-state index is 0.428. The van der Waals surface area contributed by atoms with E-state index in [9.17, 15) is 0 Å². The number of methoxy groups -OCH3 is 4. The zero-order valence-electron chi connectivity index (χ0n) is 9.29. The number of nitrogen functional groups attached to an aromatic ring is 1. The van der Waals surface area contributed by atoms with Crippen molar-refractivity contribution in [1.82, 2.24) is 0 Å². The Morgan fingerprint density at radius 1 is 0.800 bits per heavy atom. The molecule has 1 aromatic rings. The van der Waals surface area contributed by atoms with Crippen LogP contribution in [-0.4, -0.2) is 28.4 Å². The van der Waals surface area contributed by atoms with Crippen molar-refractivity contribution in [2.24, 2.45) is 0 Å². The number of hydrogen-bond donors (Lipinski definition) is 1. The first-order chi connectivity index (χ1) is 7.19. The van der Waals surface area contributed by atoms with Crippen molar-refractivity contribution in [2.75, 3.05) is 34.2 Å². The van der Waals surface area contributed by atoms with Crippen LogP contribution in [0.5, 0.6) is 23.0 Å². The van der Waals surface area contributed by atoms with Gasteiger partial charge in [0, 0.05) is 6.07 Å². The standard InChI is InChI=1S/C10H15NO4/c1-12-7-5-6(11)8(13-2)10(15-4)9(7)14-3/h5H,11H2,1-4H3. The van der Waals surface area contributed by atoms with E-state index < -0.39 is 0 Å². The highest BCUT2D eigenvalue weighted by Crippen LogP contribution is 2.47. The van der Waals surface area contributed by atoms with Crippen LogP contribution >= 0.6 is 0 Å². The molecule has 5 heteroatoms. The molecule has 0 radical (unpaired) electrons. The largest absolute Gasteiger partial charge is 0.493 e. The van der Waals surface area contributed by atoms with Gasteiger partial charge >= 0.3 is 0 Å². The molecule has 15 heavy (non-hydrogen) atoms. The van der Waals surface area contributed by atoms with Gasteiger partial charge in [-0.25, -0.2) is 0 Å². The van der Waals surface area contributed by atoms with Crippen LogP contribution in [0.4, 0.5) is 5.69 Å². The fraction of sp³-hybridized carbons (Fsp3) is 0.400. The highest BCUT2D eigenvalue weighted by molar-refractivity contribution is 5.71. The summed E-state index contributed by atoms with van der Waals surface area (Å²) in [5.74, 6) is 1.84. The second kappa shape index (κ2) is 4.63. The van der Waals surface area contributed by atoms with E-state index in [-0.39, 0.29) is 0 Å². The number of anilines is 1. The predicted molar refractivity (Wildman–Crippen MR) is 57.1 cm³/mol. The Labute approximate surface area is 88.7 Å². The van der Waals surface area contributed by atoms with Crippen LogP contribution in [0.1, 0.15) is 0 Å². The van der Waals surface area contributed by atoms with Crippen LogP contribution in [0.15, 0.2) is 6.07 Å². The van der Waals surface area contributed by atoms with Crippen molar-refractivity contribution < 1.29 is 18.9 Å². The minimum absolute atomic E-state index is 0.428. The maximum absolute atomic E-state index is 5.77. The molecule has 0 aliphatic carbocycles. The van der Waals surface area contributed by atoms with E-state index in [1.807, 2.05) is 0 Å². The molecule has 0 heterocycles. The Morgan fingerprint density at radius 2 is 1.33 bits per heavy atom. The van der Waals surface area contributed by atoms with Crippen LogP contribution in [0, 0.1) is 0 Å². The van der Waals surface area contributed by atoms with Crippen LogP contribution < -0.4 is 24.7 Å². The smallest absolute Gasteiger partial charge is 0.209 e. The molecule has 0 aliphatic heterocycles. The first-order valence-electron chi connectivity index (χ1n) is 4.32. The molecule has 0 fully saturated rings. The molecule has 1 rings (SSSR count). The average molecular weight is 213 g/mol. The summed E-state index contributed by atoms with van der Waals surface area (Å²) in [7, 11) is 6.08. The van der Waals surface area contributed by atoms with Crippen LogP contribution in [0.2, 0.25) is 0 Å². The molecular formula is C10H15NO4. The molecule has 0 spiro atoms. The Morgan fingerprint density at radius 3 is 1.73 bits per heavy atom. The molecule has 0 aromatic heterocycles. The summed E-state index contributed by atoms with van der Waals surface area (Å²) >= 11 is 0. The predicted octanol–water partition coefficient (Wildman–Crippen LogP) is 1.30. The number of nitrogens with two attached hydrogens (primary N) is 1. The van der Waals surface area contributed by atoms with E-state index in [1.54, 1.807) is 6.07 Å². The summed E-state index contributed by atoms with van der Waals surface area (Å²) in [6.07, 6.45) is 0. The average Bonchev–Trinajstić information content (AvgIpc) is 2.27. The quantitative estimate of drug-likeness (QED) is 0.764. The summed E-state index contributed by atoms with van der Waals surface area (Å²) < 4.78 is 20.6. The lowest BCUT2D eigenvalue weighted by molar-refractivity contribution is 0.306. The summed E-state index contributed by atoms with van der Waals surface area (Å²) in [5, 5.41) is 0. The molecule has 1 aromatic carbocycles. The van der Waals surface area contributed by atoms with Crippen molar-refractivity contribution in [3.63, 3.8) is 0 Å². The van der Waals surface area contributed by atoms with Gasteiger partial charge < -0.3 is 24.7 Å². The number of rotatable bonds is 4. The number of ether oxygens (including phenoxy) is 4.